The molecule has 1 aliphatic heterocycles. The largest absolute Gasteiger partial charge is 0.348 e. The number of halogens is 1. The first-order chi connectivity index (χ1) is 8.78. The highest BCUT2D eigenvalue weighted by Gasteiger charge is 2.29. The second-order valence-corrected chi connectivity index (χ2v) is 8.04. The molecular weight excluding hydrogens is 330 g/mol. The number of amides is 1. The van der Waals surface area contributed by atoms with Crippen molar-refractivity contribution in [2.45, 2.75) is 26.3 Å². The summed E-state index contributed by atoms with van der Waals surface area (Å²) in [5, 5.41) is 2.80. The summed E-state index contributed by atoms with van der Waals surface area (Å²) in [6, 6.07) is 3.52. The van der Waals surface area contributed by atoms with E-state index < -0.39 is 9.84 Å². The van der Waals surface area contributed by atoms with Crippen molar-refractivity contribution in [2.75, 3.05) is 11.5 Å². The van der Waals surface area contributed by atoms with Crippen LogP contribution in [-0.2, 0) is 9.84 Å². The lowest BCUT2D eigenvalue weighted by Gasteiger charge is -2.13. The van der Waals surface area contributed by atoms with Gasteiger partial charge in [-0.25, -0.2) is 8.42 Å². The van der Waals surface area contributed by atoms with Crippen molar-refractivity contribution in [1.82, 2.24) is 5.32 Å². The zero-order valence-electron chi connectivity index (χ0n) is 10.9. The molecule has 0 saturated carbocycles. The quantitative estimate of drug-likeness (QED) is 0.891. The van der Waals surface area contributed by atoms with Crippen LogP contribution in [0.25, 0.3) is 0 Å². The highest BCUT2D eigenvalue weighted by atomic mass is 79.9. The van der Waals surface area contributed by atoms with Crippen LogP contribution in [-0.4, -0.2) is 31.9 Å². The smallest absolute Gasteiger partial charge is 0.252 e. The van der Waals surface area contributed by atoms with Crippen LogP contribution in [0.1, 0.15) is 27.9 Å². The number of benzene rings is 1. The fourth-order valence-corrected chi connectivity index (χ4v) is 4.37. The first-order valence-electron chi connectivity index (χ1n) is 6.06. The fraction of sp³-hybridized carbons (Fsp3) is 0.462. The molecule has 1 saturated heterocycles. The van der Waals surface area contributed by atoms with Crippen molar-refractivity contribution in [1.29, 1.82) is 0 Å². The van der Waals surface area contributed by atoms with Crippen molar-refractivity contribution in [3.63, 3.8) is 0 Å². The SMILES string of the molecule is Cc1cc(C)c(Br)c(C(=O)NC2CCS(=O)(=O)C2)c1. The van der Waals surface area contributed by atoms with E-state index in [4.69, 9.17) is 0 Å². The third-order valence-electron chi connectivity index (χ3n) is 3.21. The molecule has 1 aromatic carbocycles. The van der Waals surface area contributed by atoms with E-state index in [1.165, 1.54) is 0 Å². The zero-order chi connectivity index (χ0) is 14.2. The lowest BCUT2D eigenvalue weighted by atomic mass is 10.1. The van der Waals surface area contributed by atoms with Gasteiger partial charge < -0.3 is 5.32 Å². The lowest BCUT2D eigenvalue weighted by Crippen LogP contribution is -2.35. The minimum Gasteiger partial charge on any atom is -0.348 e. The number of carbonyl (C=O) groups excluding carboxylic acids is 1. The van der Waals surface area contributed by atoms with Gasteiger partial charge >= 0.3 is 0 Å². The summed E-state index contributed by atoms with van der Waals surface area (Å²) >= 11 is 3.41. The number of hydrogen-bond acceptors (Lipinski definition) is 3. The molecule has 1 unspecified atom stereocenters. The van der Waals surface area contributed by atoms with E-state index in [-0.39, 0.29) is 23.5 Å². The number of rotatable bonds is 2. The molecule has 0 aliphatic carbocycles. The minimum absolute atomic E-state index is 0.0428. The third-order valence-corrected chi connectivity index (χ3v) is 6.03. The summed E-state index contributed by atoms with van der Waals surface area (Å²) in [6.07, 6.45) is 0.497. The maximum atomic E-state index is 12.2. The molecule has 1 N–H and O–H groups in total. The molecule has 1 aromatic rings. The summed E-state index contributed by atoms with van der Waals surface area (Å²) in [4.78, 5) is 12.2. The molecule has 1 atom stereocenters. The van der Waals surface area contributed by atoms with Gasteiger partial charge in [-0.1, -0.05) is 6.07 Å². The van der Waals surface area contributed by atoms with E-state index in [0.717, 1.165) is 15.6 Å². The standard InChI is InChI=1S/C13H16BrNO3S/c1-8-5-9(2)12(14)11(6-8)13(16)15-10-3-4-19(17,18)7-10/h5-6,10H,3-4,7H2,1-2H3,(H,15,16). The van der Waals surface area contributed by atoms with E-state index in [2.05, 4.69) is 21.2 Å². The molecule has 6 heteroatoms. The summed E-state index contributed by atoms with van der Waals surface area (Å²) in [5.41, 5.74) is 2.55. The Labute approximate surface area is 121 Å². The van der Waals surface area contributed by atoms with Crippen molar-refractivity contribution < 1.29 is 13.2 Å². The molecule has 1 aliphatic rings. The number of carbonyl (C=O) groups is 1. The monoisotopic (exact) mass is 345 g/mol. The average molecular weight is 346 g/mol. The van der Waals surface area contributed by atoms with Gasteiger partial charge in [0.15, 0.2) is 9.84 Å². The van der Waals surface area contributed by atoms with Gasteiger partial charge in [0.2, 0.25) is 0 Å². The molecule has 19 heavy (non-hydrogen) atoms. The molecule has 2 rings (SSSR count). The Kier molecular flexibility index (Phi) is 4.01. The van der Waals surface area contributed by atoms with E-state index in [0.29, 0.717) is 12.0 Å². The van der Waals surface area contributed by atoms with Gasteiger partial charge in [-0.15, -0.1) is 0 Å². The predicted octanol–water partition coefficient (Wildman–Crippen LogP) is 1.98. The summed E-state index contributed by atoms with van der Waals surface area (Å²) in [6.45, 7) is 3.85. The Morgan fingerprint density at radius 3 is 2.63 bits per heavy atom. The maximum Gasteiger partial charge on any atom is 0.252 e. The average Bonchev–Trinajstić information content (AvgIpc) is 2.63. The van der Waals surface area contributed by atoms with Crippen LogP contribution in [0.3, 0.4) is 0 Å². The van der Waals surface area contributed by atoms with Crippen LogP contribution in [0.15, 0.2) is 16.6 Å². The second kappa shape index (κ2) is 5.25. The van der Waals surface area contributed by atoms with Gasteiger partial charge in [-0.05, 0) is 53.4 Å². The fourth-order valence-electron chi connectivity index (χ4n) is 2.29. The van der Waals surface area contributed by atoms with E-state index in [9.17, 15) is 13.2 Å². The van der Waals surface area contributed by atoms with Gasteiger partial charge in [-0.2, -0.15) is 0 Å². The van der Waals surface area contributed by atoms with Gasteiger partial charge in [0.05, 0.1) is 17.1 Å². The molecule has 104 valence electrons. The maximum absolute atomic E-state index is 12.2. The van der Waals surface area contributed by atoms with Crippen molar-refractivity contribution >= 4 is 31.7 Å². The van der Waals surface area contributed by atoms with Crippen LogP contribution in [0, 0.1) is 13.8 Å². The van der Waals surface area contributed by atoms with Gasteiger partial charge in [-0.3, -0.25) is 4.79 Å². The van der Waals surface area contributed by atoms with Crippen LogP contribution in [0.2, 0.25) is 0 Å². The molecule has 0 aromatic heterocycles. The van der Waals surface area contributed by atoms with Crippen LogP contribution < -0.4 is 5.32 Å². The summed E-state index contributed by atoms with van der Waals surface area (Å²) in [5.74, 6) is -0.0200. The molecule has 1 fully saturated rings. The third kappa shape index (κ3) is 3.36. The van der Waals surface area contributed by atoms with Gasteiger partial charge in [0.25, 0.3) is 5.91 Å². The van der Waals surface area contributed by atoms with Crippen LogP contribution in [0.4, 0.5) is 0 Å². The zero-order valence-corrected chi connectivity index (χ0v) is 13.3. The van der Waals surface area contributed by atoms with Crippen molar-refractivity contribution in [3.05, 3.63) is 33.3 Å². The van der Waals surface area contributed by atoms with Gasteiger partial charge in [0.1, 0.15) is 0 Å². The number of nitrogens with one attached hydrogen (secondary N) is 1. The molecule has 0 radical (unpaired) electrons. The Hall–Kier alpha value is -0.880. The molecule has 1 heterocycles. The lowest BCUT2D eigenvalue weighted by molar-refractivity contribution is 0.0940. The first kappa shape index (κ1) is 14.5. The molecule has 1 amide bonds. The highest BCUT2D eigenvalue weighted by molar-refractivity contribution is 9.10. The summed E-state index contributed by atoms with van der Waals surface area (Å²) in [7, 11) is -2.98. The van der Waals surface area contributed by atoms with Crippen molar-refractivity contribution in [3.8, 4) is 0 Å². The highest BCUT2D eigenvalue weighted by Crippen LogP contribution is 2.23. The normalized spacial score (nSPS) is 21.3. The first-order valence-corrected chi connectivity index (χ1v) is 8.68. The molecule has 4 nitrogen and oxygen atoms in total. The molecule has 0 bridgehead atoms. The van der Waals surface area contributed by atoms with Crippen LogP contribution >= 0.6 is 15.9 Å². The number of hydrogen-bond donors (Lipinski definition) is 1. The van der Waals surface area contributed by atoms with E-state index in [1.807, 2.05) is 19.9 Å². The van der Waals surface area contributed by atoms with Crippen molar-refractivity contribution in [2.24, 2.45) is 0 Å². The Morgan fingerprint density at radius 2 is 2.05 bits per heavy atom. The van der Waals surface area contributed by atoms with Gasteiger partial charge in [0, 0.05) is 10.5 Å². The Bertz CT molecular complexity index is 625. The second-order valence-electron chi connectivity index (χ2n) is 5.02. The minimum atomic E-state index is -2.98. The Balaban J connectivity index is 2.17. The topological polar surface area (TPSA) is 63.2 Å². The number of sulfone groups is 1. The van der Waals surface area contributed by atoms with E-state index >= 15 is 0 Å². The molecule has 0 spiro atoms. The predicted molar refractivity (Wildman–Crippen MR) is 78.1 cm³/mol. The van der Waals surface area contributed by atoms with Crippen LogP contribution in [0.5, 0.6) is 0 Å². The molecular formula is C13H16BrNO3S. The number of aryl methyl sites for hydroxylation is 2. The van der Waals surface area contributed by atoms with E-state index in [1.54, 1.807) is 6.07 Å². The summed E-state index contributed by atoms with van der Waals surface area (Å²) < 4.78 is 23.5. The Morgan fingerprint density at radius 1 is 1.37 bits per heavy atom.